The highest BCUT2D eigenvalue weighted by Crippen LogP contribution is 2.28. The first-order chi connectivity index (χ1) is 11.6. The normalized spacial score (nSPS) is 16.0. The molecule has 0 radical (unpaired) electrons. The van der Waals surface area contributed by atoms with E-state index in [1.807, 2.05) is 16.9 Å². The van der Waals surface area contributed by atoms with Crippen molar-refractivity contribution in [3.05, 3.63) is 47.8 Å². The van der Waals surface area contributed by atoms with Gasteiger partial charge in [-0.3, -0.25) is 0 Å². The number of hydrogen-bond donors (Lipinski definition) is 0. The van der Waals surface area contributed by atoms with Gasteiger partial charge in [0.1, 0.15) is 5.52 Å². The molecule has 0 aliphatic carbocycles. The van der Waals surface area contributed by atoms with Gasteiger partial charge in [0.15, 0.2) is 5.82 Å². The van der Waals surface area contributed by atoms with Crippen molar-refractivity contribution in [1.82, 2.24) is 19.5 Å². The highest BCUT2D eigenvalue weighted by Gasteiger charge is 2.19. The lowest BCUT2D eigenvalue weighted by Gasteiger charge is -2.33. The van der Waals surface area contributed by atoms with Crippen LogP contribution in [0.3, 0.4) is 0 Å². The third kappa shape index (κ3) is 2.65. The van der Waals surface area contributed by atoms with Gasteiger partial charge in [-0.25, -0.2) is 9.50 Å². The Kier molecular flexibility index (Phi) is 3.73. The average molecular weight is 321 g/mol. The molecule has 2 aromatic heterocycles. The van der Waals surface area contributed by atoms with Crippen LogP contribution in [0.15, 0.2) is 36.7 Å². The molecule has 1 aromatic carbocycles. The number of aromatic nitrogens is 3. The molecule has 4 rings (SSSR count). The van der Waals surface area contributed by atoms with E-state index in [1.165, 1.54) is 16.7 Å². The van der Waals surface area contributed by atoms with E-state index in [2.05, 4.69) is 59.9 Å². The summed E-state index contributed by atoms with van der Waals surface area (Å²) in [6.07, 6.45) is 3.78. The van der Waals surface area contributed by atoms with Crippen molar-refractivity contribution >= 4 is 11.3 Å². The molecule has 0 unspecified atom stereocenters. The van der Waals surface area contributed by atoms with Gasteiger partial charge < -0.3 is 9.80 Å². The fraction of sp³-hybridized carbons (Fsp3) is 0.368. The number of piperazine rings is 1. The zero-order valence-electron chi connectivity index (χ0n) is 14.5. The summed E-state index contributed by atoms with van der Waals surface area (Å²) in [6, 6.07) is 8.68. The highest BCUT2D eigenvalue weighted by molar-refractivity contribution is 5.76. The Labute approximate surface area is 142 Å². The second kappa shape index (κ2) is 5.91. The molecule has 5 nitrogen and oxygen atoms in total. The summed E-state index contributed by atoms with van der Waals surface area (Å²) in [6.45, 7) is 8.42. The fourth-order valence-electron chi connectivity index (χ4n) is 3.40. The zero-order valence-corrected chi connectivity index (χ0v) is 14.5. The van der Waals surface area contributed by atoms with Crippen LogP contribution >= 0.6 is 0 Å². The summed E-state index contributed by atoms with van der Waals surface area (Å²) in [5.74, 6) is 1.04. The van der Waals surface area contributed by atoms with Gasteiger partial charge in [-0.05, 0) is 32.5 Å². The third-order valence-corrected chi connectivity index (χ3v) is 4.83. The van der Waals surface area contributed by atoms with Crippen LogP contribution in [0, 0.1) is 13.8 Å². The third-order valence-electron chi connectivity index (χ3n) is 4.83. The number of anilines is 1. The molecule has 3 heterocycles. The SMILES string of the molecule is Cc1ccc(-c2cc3c(N4CCN(C)CC4)nccn3n2)c(C)c1. The Morgan fingerprint density at radius 3 is 2.54 bits per heavy atom. The largest absolute Gasteiger partial charge is 0.352 e. The number of rotatable bonds is 2. The Balaban J connectivity index is 1.77. The molecule has 1 aliphatic heterocycles. The summed E-state index contributed by atoms with van der Waals surface area (Å²) < 4.78 is 1.95. The summed E-state index contributed by atoms with van der Waals surface area (Å²) >= 11 is 0. The minimum Gasteiger partial charge on any atom is -0.352 e. The number of benzene rings is 1. The minimum atomic E-state index is 1.01. The number of hydrogen-bond acceptors (Lipinski definition) is 4. The first kappa shape index (κ1) is 15.1. The van der Waals surface area contributed by atoms with Gasteiger partial charge in [0, 0.05) is 44.1 Å². The van der Waals surface area contributed by atoms with Gasteiger partial charge in [-0.1, -0.05) is 23.8 Å². The fourth-order valence-corrected chi connectivity index (χ4v) is 3.40. The standard InChI is InChI=1S/C19H23N5/c1-14-4-5-16(15(2)12-14)17-13-18-19(20-6-7-24(18)21-17)23-10-8-22(3)9-11-23/h4-7,12-13H,8-11H2,1-3H3. The molecular weight excluding hydrogens is 298 g/mol. The van der Waals surface area contributed by atoms with Gasteiger partial charge in [0.25, 0.3) is 0 Å². The zero-order chi connectivity index (χ0) is 16.7. The van der Waals surface area contributed by atoms with E-state index in [0.717, 1.165) is 43.2 Å². The monoisotopic (exact) mass is 321 g/mol. The predicted octanol–water partition coefficient (Wildman–Crippen LogP) is 2.76. The molecular formula is C19H23N5. The smallest absolute Gasteiger partial charge is 0.154 e. The number of aryl methyl sites for hydroxylation is 2. The number of nitrogens with zero attached hydrogens (tertiary/aromatic N) is 5. The van der Waals surface area contributed by atoms with Crippen molar-refractivity contribution in [2.75, 3.05) is 38.1 Å². The van der Waals surface area contributed by atoms with Crippen LogP contribution in [-0.4, -0.2) is 52.7 Å². The van der Waals surface area contributed by atoms with E-state index >= 15 is 0 Å². The van der Waals surface area contributed by atoms with Crippen molar-refractivity contribution in [3.8, 4) is 11.3 Å². The lowest BCUT2D eigenvalue weighted by molar-refractivity contribution is 0.312. The van der Waals surface area contributed by atoms with E-state index in [-0.39, 0.29) is 0 Å². The lowest BCUT2D eigenvalue weighted by atomic mass is 10.0. The quantitative estimate of drug-likeness (QED) is 0.727. The van der Waals surface area contributed by atoms with Crippen molar-refractivity contribution in [1.29, 1.82) is 0 Å². The second-order valence-electron chi connectivity index (χ2n) is 6.72. The van der Waals surface area contributed by atoms with Gasteiger partial charge in [-0.2, -0.15) is 5.10 Å². The van der Waals surface area contributed by atoms with Gasteiger partial charge in [0.2, 0.25) is 0 Å². The van der Waals surface area contributed by atoms with Gasteiger partial charge >= 0.3 is 0 Å². The molecule has 0 atom stereocenters. The van der Waals surface area contributed by atoms with E-state index in [4.69, 9.17) is 5.10 Å². The van der Waals surface area contributed by atoms with E-state index in [9.17, 15) is 0 Å². The molecule has 3 aromatic rings. The first-order valence-electron chi connectivity index (χ1n) is 8.47. The van der Waals surface area contributed by atoms with Crippen LogP contribution in [0.4, 0.5) is 5.82 Å². The first-order valence-corrected chi connectivity index (χ1v) is 8.47. The van der Waals surface area contributed by atoms with E-state index in [1.54, 1.807) is 0 Å². The van der Waals surface area contributed by atoms with Gasteiger partial charge in [0.05, 0.1) is 5.69 Å². The van der Waals surface area contributed by atoms with E-state index in [0.29, 0.717) is 0 Å². The molecule has 1 aliphatic rings. The predicted molar refractivity (Wildman–Crippen MR) is 97.6 cm³/mol. The van der Waals surface area contributed by atoms with Crippen LogP contribution in [0.2, 0.25) is 0 Å². The summed E-state index contributed by atoms with van der Waals surface area (Å²) in [5, 5.41) is 4.78. The number of fused-ring (bicyclic) bond motifs is 1. The Morgan fingerprint density at radius 1 is 1.00 bits per heavy atom. The Morgan fingerprint density at radius 2 is 1.79 bits per heavy atom. The van der Waals surface area contributed by atoms with Crippen molar-refractivity contribution in [2.45, 2.75) is 13.8 Å². The average Bonchev–Trinajstić information content (AvgIpc) is 2.99. The van der Waals surface area contributed by atoms with Gasteiger partial charge in [-0.15, -0.1) is 0 Å². The number of likely N-dealkylation sites (N-methyl/N-ethyl adjacent to an activating group) is 1. The summed E-state index contributed by atoms with van der Waals surface area (Å²) in [4.78, 5) is 9.36. The molecule has 0 spiro atoms. The molecule has 124 valence electrons. The molecule has 0 amide bonds. The Bertz CT molecular complexity index is 875. The Hall–Kier alpha value is -2.40. The van der Waals surface area contributed by atoms with Crippen LogP contribution in [0.5, 0.6) is 0 Å². The topological polar surface area (TPSA) is 36.7 Å². The molecule has 1 saturated heterocycles. The summed E-state index contributed by atoms with van der Waals surface area (Å²) in [5.41, 5.74) is 5.81. The minimum absolute atomic E-state index is 1.01. The second-order valence-corrected chi connectivity index (χ2v) is 6.72. The van der Waals surface area contributed by atoms with Crippen molar-refractivity contribution in [2.24, 2.45) is 0 Å². The van der Waals surface area contributed by atoms with Crippen LogP contribution in [0.1, 0.15) is 11.1 Å². The molecule has 24 heavy (non-hydrogen) atoms. The molecule has 5 heteroatoms. The van der Waals surface area contributed by atoms with Crippen LogP contribution in [-0.2, 0) is 0 Å². The van der Waals surface area contributed by atoms with Crippen LogP contribution < -0.4 is 4.90 Å². The lowest BCUT2D eigenvalue weighted by Crippen LogP contribution is -2.45. The van der Waals surface area contributed by atoms with E-state index < -0.39 is 0 Å². The molecule has 1 fully saturated rings. The maximum atomic E-state index is 4.78. The highest BCUT2D eigenvalue weighted by atomic mass is 15.3. The van der Waals surface area contributed by atoms with Crippen molar-refractivity contribution in [3.63, 3.8) is 0 Å². The molecule has 0 saturated carbocycles. The molecule has 0 bridgehead atoms. The maximum Gasteiger partial charge on any atom is 0.154 e. The van der Waals surface area contributed by atoms with Crippen LogP contribution in [0.25, 0.3) is 16.8 Å². The molecule has 0 N–H and O–H groups in total. The van der Waals surface area contributed by atoms with Crippen molar-refractivity contribution < 1.29 is 0 Å². The maximum absolute atomic E-state index is 4.78. The summed E-state index contributed by atoms with van der Waals surface area (Å²) in [7, 11) is 2.17.